The summed E-state index contributed by atoms with van der Waals surface area (Å²) in [5.41, 5.74) is 8.58. The quantitative estimate of drug-likeness (QED) is 0.704. The molecule has 2 aliphatic rings. The van der Waals surface area contributed by atoms with Crippen molar-refractivity contribution in [3.05, 3.63) is 42.2 Å². The molecule has 4 heterocycles. The zero-order valence-corrected chi connectivity index (χ0v) is 13.3. The molecule has 2 aromatic heterocycles. The predicted molar refractivity (Wildman–Crippen MR) is 93.0 cm³/mol. The van der Waals surface area contributed by atoms with Crippen molar-refractivity contribution < 1.29 is 9.47 Å². The number of anilines is 1. The Kier molecular flexibility index (Phi) is 3.03. The second-order valence-electron chi connectivity index (χ2n) is 5.94. The first-order valence-corrected chi connectivity index (χ1v) is 8.11. The second kappa shape index (κ2) is 5.37. The summed E-state index contributed by atoms with van der Waals surface area (Å²) >= 11 is 0. The van der Waals surface area contributed by atoms with Crippen LogP contribution in [0.2, 0.25) is 0 Å². The van der Waals surface area contributed by atoms with Gasteiger partial charge in [0.2, 0.25) is 5.95 Å². The van der Waals surface area contributed by atoms with E-state index in [9.17, 15) is 0 Å². The standard InChI is InChI=1S/C17H16N6O2/c18-16-21-15(10-3-1-4-19-9-10)23-12-8-14-13(24-5-2-6-25-14)7-11(12)20-17(23)22-16/h1,3-4,7-9,15H,2,5-6H2,(H3,18,20,21,22). The van der Waals surface area contributed by atoms with Gasteiger partial charge in [-0.25, -0.2) is 9.98 Å². The van der Waals surface area contributed by atoms with Crippen LogP contribution in [0, 0.1) is 0 Å². The zero-order chi connectivity index (χ0) is 16.8. The third-order valence-corrected chi connectivity index (χ3v) is 4.29. The highest BCUT2D eigenvalue weighted by Crippen LogP contribution is 2.38. The lowest BCUT2D eigenvalue weighted by Gasteiger charge is -2.23. The van der Waals surface area contributed by atoms with Gasteiger partial charge in [0, 0.05) is 36.5 Å². The Morgan fingerprint density at radius 2 is 2.04 bits per heavy atom. The summed E-state index contributed by atoms with van der Waals surface area (Å²) in [6, 6.07) is 7.71. The average molecular weight is 336 g/mol. The average Bonchev–Trinajstić information content (AvgIpc) is 2.81. The van der Waals surface area contributed by atoms with Gasteiger partial charge < -0.3 is 15.2 Å². The highest BCUT2D eigenvalue weighted by atomic mass is 16.5. The minimum atomic E-state index is -0.334. The highest BCUT2D eigenvalue weighted by Gasteiger charge is 2.26. The summed E-state index contributed by atoms with van der Waals surface area (Å²) in [4.78, 5) is 13.4. The van der Waals surface area contributed by atoms with Crippen LogP contribution >= 0.6 is 0 Å². The molecule has 126 valence electrons. The van der Waals surface area contributed by atoms with Gasteiger partial charge >= 0.3 is 0 Å². The van der Waals surface area contributed by atoms with Crippen LogP contribution in [0.3, 0.4) is 0 Å². The van der Waals surface area contributed by atoms with E-state index in [0.717, 1.165) is 28.8 Å². The fourth-order valence-electron chi connectivity index (χ4n) is 3.18. The predicted octanol–water partition coefficient (Wildman–Crippen LogP) is 1.88. The van der Waals surface area contributed by atoms with E-state index in [1.807, 2.05) is 28.8 Å². The number of rotatable bonds is 1. The summed E-state index contributed by atoms with van der Waals surface area (Å²) in [5.74, 6) is 2.40. The highest BCUT2D eigenvalue weighted by molar-refractivity contribution is 5.95. The van der Waals surface area contributed by atoms with Gasteiger partial charge in [0.1, 0.15) is 0 Å². The number of nitrogens with two attached hydrogens (primary N) is 1. The Morgan fingerprint density at radius 1 is 1.20 bits per heavy atom. The number of pyridine rings is 1. The van der Waals surface area contributed by atoms with Crippen LogP contribution in [0.15, 0.2) is 41.7 Å². The summed E-state index contributed by atoms with van der Waals surface area (Å²) in [7, 11) is 0. The van der Waals surface area contributed by atoms with Gasteiger partial charge in [0.05, 0.1) is 24.2 Å². The van der Waals surface area contributed by atoms with Crippen molar-refractivity contribution in [1.29, 1.82) is 0 Å². The van der Waals surface area contributed by atoms with E-state index in [0.29, 0.717) is 30.9 Å². The van der Waals surface area contributed by atoms with Crippen LogP contribution in [-0.2, 0) is 0 Å². The minimum Gasteiger partial charge on any atom is -0.489 e. The van der Waals surface area contributed by atoms with E-state index in [4.69, 9.17) is 15.2 Å². The van der Waals surface area contributed by atoms with Crippen LogP contribution in [0.25, 0.3) is 11.0 Å². The van der Waals surface area contributed by atoms with E-state index in [1.54, 1.807) is 12.4 Å². The van der Waals surface area contributed by atoms with Crippen LogP contribution in [0.4, 0.5) is 5.95 Å². The van der Waals surface area contributed by atoms with Crippen LogP contribution < -0.4 is 20.5 Å². The molecule has 0 aliphatic carbocycles. The molecule has 0 radical (unpaired) electrons. The van der Waals surface area contributed by atoms with E-state index >= 15 is 0 Å². The fourth-order valence-corrected chi connectivity index (χ4v) is 3.18. The monoisotopic (exact) mass is 336 g/mol. The molecule has 5 rings (SSSR count). The Labute approximate surface area is 143 Å². The Bertz CT molecular complexity index is 982. The first kappa shape index (κ1) is 14.1. The minimum absolute atomic E-state index is 0.325. The molecule has 25 heavy (non-hydrogen) atoms. The van der Waals surface area contributed by atoms with E-state index < -0.39 is 0 Å². The summed E-state index contributed by atoms with van der Waals surface area (Å²) in [6.45, 7) is 1.27. The van der Waals surface area contributed by atoms with Crippen molar-refractivity contribution in [1.82, 2.24) is 14.5 Å². The van der Waals surface area contributed by atoms with Gasteiger partial charge in [-0.15, -0.1) is 0 Å². The first-order chi connectivity index (χ1) is 12.3. The maximum Gasteiger partial charge on any atom is 0.212 e. The number of nitrogens with zero attached hydrogens (tertiary/aromatic N) is 4. The lowest BCUT2D eigenvalue weighted by molar-refractivity contribution is 0.297. The molecule has 0 fully saturated rings. The summed E-state index contributed by atoms with van der Waals surface area (Å²) in [6.07, 6.45) is 4.04. The molecule has 1 aromatic carbocycles. The van der Waals surface area contributed by atoms with Crippen molar-refractivity contribution in [2.75, 3.05) is 18.5 Å². The van der Waals surface area contributed by atoms with E-state index in [1.165, 1.54) is 0 Å². The maximum absolute atomic E-state index is 5.96. The van der Waals surface area contributed by atoms with E-state index in [2.05, 4.69) is 20.3 Å². The Balaban J connectivity index is 1.72. The molecule has 1 unspecified atom stereocenters. The van der Waals surface area contributed by atoms with E-state index in [-0.39, 0.29) is 6.17 Å². The van der Waals surface area contributed by atoms with Crippen LogP contribution in [0.1, 0.15) is 18.2 Å². The zero-order valence-electron chi connectivity index (χ0n) is 13.3. The molecule has 2 aliphatic heterocycles. The Morgan fingerprint density at radius 3 is 2.84 bits per heavy atom. The molecule has 8 nitrogen and oxygen atoms in total. The van der Waals surface area contributed by atoms with Gasteiger partial charge in [-0.2, -0.15) is 0 Å². The number of fused-ring (bicyclic) bond motifs is 4. The number of hydrogen-bond donors (Lipinski definition) is 2. The van der Waals surface area contributed by atoms with Crippen LogP contribution in [0.5, 0.6) is 11.5 Å². The number of guanidine groups is 1. The SMILES string of the molecule is NC1=NC(c2cccnc2)n2c(nc3cc4c(cc32)OCCCO4)N1. The first-order valence-electron chi connectivity index (χ1n) is 8.11. The Hall–Kier alpha value is -3.29. The summed E-state index contributed by atoms with van der Waals surface area (Å²) < 4.78 is 13.6. The van der Waals surface area contributed by atoms with Crippen molar-refractivity contribution in [2.45, 2.75) is 12.6 Å². The number of benzene rings is 1. The molecule has 3 aromatic rings. The number of aliphatic imine (C=N–C) groups is 1. The third kappa shape index (κ3) is 2.25. The molecule has 0 saturated heterocycles. The van der Waals surface area contributed by atoms with Gasteiger partial charge in [0.25, 0.3) is 0 Å². The molecule has 0 saturated carbocycles. The molecular weight excluding hydrogens is 320 g/mol. The second-order valence-corrected chi connectivity index (χ2v) is 5.94. The van der Waals surface area contributed by atoms with Crippen molar-refractivity contribution in [3.63, 3.8) is 0 Å². The molecular formula is C17H16N6O2. The lowest BCUT2D eigenvalue weighted by Crippen LogP contribution is -2.31. The third-order valence-electron chi connectivity index (χ3n) is 4.29. The largest absolute Gasteiger partial charge is 0.489 e. The fraction of sp³-hybridized carbons (Fsp3) is 0.235. The van der Waals surface area contributed by atoms with Crippen molar-refractivity contribution >= 4 is 22.9 Å². The number of ether oxygens (including phenoxy) is 2. The lowest BCUT2D eigenvalue weighted by atomic mass is 10.2. The normalized spacial score (nSPS) is 18.9. The summed E-state index contributed by atoms with van der Waals surface area (Å²) in [5, 5.41) is 3.03. The number of hydrogen-bond acceptors (Lipinski definition) is 7. The van der Waals surface area contributed by atoms with Crippen molar-refractivity contribution in [3.8, 4) is 11.5 Å². The van der Waals surface area contributed by atoms with Gasteiger partial charge in [-0.1, -0.05) is 6.07 Å². The molecule has 8 heteroatoms. The number of imidazole rings is 1. The van der Waals surface area contributed by atoms with Gasteiger partial charge in [-0.05, 0) is 6.07 Å². The van der Waals surface area contributed by atoms with Crippen molar-refractivity contribution in [2.24, 2.45) is 10.7 Å². The molecule has 0 amide bonds. The maximum atomic E-state index is 5.96. The molecule has 1 atom stereocenters. The van der Waals surface area contributed by atoms with Gasteiger partial charge in [0.15, 0.2) is 23.6 Å². The number of nitrogens with one attached hydrogen (secondary N) is 1. The molecule has 3 N–H and O–H groups in total. The molecule has 0 bridgehead atoms. The van der Waals surface area contributed by atoms with Crippen LogP contribution in [-0.4, -0.2) is 33.7 Å². The molecule has 0 spiro atoms. The number of aromatic nitrogens is 3. The smallest absolute Gasteiger partial charge is 0.212 e. The van der Waals surface area contributed by atoms with Gasteiger partial charge in [-0.3, -0.25) is 14.9 Å². The topological polar surface area (TPSA) is 99.6 Å².